The second-order valence-electron chi connectivity index (χ2n) is 7.53. The molecule has 20 heavy (non-hydrogen) atoms. The van der Waals surface area contributed by atoms with Crippen molar-refractivity contribution in [3.63, 3.8) is 0 Å². The summed E-state index contributed by atoms with van der Waals surface area (Å²) < 4.78 is 0. The number of nitrogens with zero attached hydrogens (tertiary/aromatic N) is 2. The number of hydrogen-bond acceptors (Lipinski definition) is 3. The van der Waals surface area contributed by atoms with E-state index in [1.807, 2.05) is 0 Å². The average Bonchev–Trinajstić information content (AvgIpc) is 3.04. The minimum atomic E-state index is -0.260. The van der Waals surface area contributed by atoms with Crippen molar-refractivity contribution in [2.75, 3.05) is 6.54 Å². The first kappa shape index (κ1) is 14.4. The van der Waals surface area contributed by atoms with Gasteiger partial charge in [0.25, 0.3) is 0 Å². The van der Waals surface area contributed by atoms with Crippen LogP contribution in [0.3, 0.4) is 0 Å². The van der Waals surface area contributed by atoms with E-state index >= 15 is 0 Å². The minimum absolute atomic E-state index is 0.260. The van der Waals surface area contributed by atoms with Crippen molar-refractivity contribution >= 4 is 0 Å². The molecule has 2 saturated carbocycles. The van der Waals surface area contributed by atoms with Crippen molar-refractivity contribution in [3.05, 3.63) is 0 Å². The number of nitriles is 1. The molecule has 1 aliphatic heterocycles. The van der Waals surface area contributed by atoms with E-state index in [0.717, 1.165) is 24.8 Å². The maximum atomic E-state index is 9.64. The second kappa shape index (κ2) is 5.66. The van der Waals surface area contributed by atoms with Crippen LogP contribution in [0, 0.1) is 17.2 Å². The number of fused-ring (bicyclic) bond motifs is 1. The van der Waals surface area contributed by atoms with Crippen LogP contribution in [0.5, 0.6) is 0 Å². The Kier molecular flexibility index (Phi) is 4.06. The van der Waals surface area contributed by atoms with E-state index in [1.165, 1.54) is 45.1 Å². The lowest BCUT2D eigenvalue weighted by atomic mass is 9.90. The summed E-state index contributed by atoms with van der Waals surface area (Å²) in [7, 11) is 0. The van der Waals surface area contributed by atoms with Gasteiger partial charge in [0, 0.05) is 18.1 Å². The van der Waals surface area contributed by atoms with E-state index in [2.05, 4.69) is 30.1 Å². The zero-order valence-electron chi connectivity index (χ0n) is 13.1. The maximum absolute atomic E-state index is 9.64. The Morgan fingerprint density at radius 1 is 1.20 bits per heavy atom. The number of rotatable bonds is 3. The predicted octanol–water partition coefficient (Wildman–Crippen LogP) is 3.06. The lowest BCUT2D eigenvalue weighted by molar-refractivity contribution is 0.0672. The van der Waals surface area contributed by atoms with Gasteiger partial charge in [-0.3, -0.25) is 10.2 Å². The third kappa shape index (κ3) is 2.61. The van der Waals surface area contributed by atoms with Crippen LogP contribution < -0.4 is 5.32 Å². The topological polar surface area (TPSA) is 39.1 Å². The molecule has 0 aromatic carbocycles. The number of hydrogen-bond donors (Lipinski definition) is 1. The Bertz CT molecular complexity index is 386. The smallest absolute Gasteiger partial charge is 0.108 e. The summed E-state index contributed by atoms with van der Waals surface area (Å²) in [6, 6.07) is 4.48. The molecular formula is C17H29N3. The molecule has 1 N–H and O–H groups in total. The highest BCUT2D eigenvalue weighted by molar-refractivity contribution is 5.14. The highest BCUT2D eigenvalue weighted by Gasteiger charge is 2.46. The summed E-state index contributed by atoms with van der Waals surface area (Å²) in [5, 5.41) is 13.2. The van der Waals surface area contributed by atoms with E-state index in [0.29, 0.717) is 12.1 Å². The molecule has 112 valence electrons. The summed E-state index contributed by atoms with van der Waals surface area (Å²) >= 11 is 0. The third-order valence-corrected chi connectivity index (χ3v) is 5.77. The largest absolute Gasteiger partial charge is 0.297 e. The SMILES string of the molecule is CC(C)NC1(C#N)CCC(N2CCCC3CCCC32)C1. The average molecular weight is 275 g/mol. The summed E-state index contributed by atoms with van der Waals surface area (Å²) in [6.45, 7) is 5.58. The van der Waals surface area contributed by atoms with Crippen LogP contribution in [0.2, 0.25) is 0 Å². The van der Waals surface area contributed by atoms with E-state index in [4.69, 9.17) is 0 Å². The maximum Gasteiger partial charge on any atom is 0.108 e. The van der Waals surface area contributed by atoms with Gasteiger partial charge in [0.05, 0.1) is 6.07 Å². The summed E-state index contributed by atoms with van der Waals surface area (Å²) in [4.78, 5) is 2.79. The summed E-state index contributed by atoms with van der Waals surface area (Å²) in [5.74, 6) is 0.957. The molecule has 0 spiro atoms. The van der Waals surface area contributed by atoms with Crippen molar-refractivity contribution in [3.8, 4) is 6.07 Å². The fourth-order valence-corrected chi connectivity index (χ4v) is 5.07. The van der Waals surface area contributed by atoms with Crippen LogP contribution >= 0.6 is 0 Å². The first-order valence-corrected chi connectivity index (χ1v) is 8.58. The lowest BCUT2D eigenvalue weighted by Crippen LogP contribution is -2.50. The van der Waals surface area contributed by atoms with E-state index in [1.54, 1.807) is 0 Å². The Labute approximate surface area is 123 Å². The molecule has 0 bridgehead atoms. The minimum Gasteiger partial charge on any atom is -0.297 e. The highest BCUT2D eigenvalue weighted by atomic mass is 15.2. The Morgan fingerprint density at radius 2 is 2.00 bits per heavy atom. The van der Waals surface area contributed by atoms with Gasteiger partial charge < -0.3 is 0 Å². The highest BCUT2D eigenvalue weighted by Crippen LogP contribution is 2.42. The number of piperidine rings is 1. The predicted molar refractivity (Wildman–Crippen MR) is 81.3 cm³/mol. The Hall–Kier alpha value is -0.590. The van der Waals surface area contributed by atoms with Gasteiger partial charge in [0.15, 0.2) is 0 Å². The van der Waals surface area contributed by atoms with Crippen LogP contribution in [0.1, 0.15) is 65.2 Å². The monoisotopic (exact) mass is 275 g/mol. The standard InChI is InChI=1S/C17H29N3/c1-13(2)19-17(12-18)9-8-15(11-17)20-10-4-6-14-5-3-7-16(14)20/h13-16,19H,3-11H2,1-2H3. The zero-order valence-corrected chi connectivity index (χ0v) is 13.1. The fraction of sp³-hybridized carbons (Fsp3) is 0.941. The molecule has 3 heteroatoms. The first-order valence-electron chi connectivity index (χ1n) is 8.58. The van der Waals surface area contributed by atoms with Gasteiger partial charge in [-0.1, -0.05) is 6.42 Å². The molecule has 3 fully saturated rings. The Balaban J connectivity index is 1.68. The van der Waals surface area contributed by atoms with Gasteiger partial charge in [-0.05, 0) is 71.3 Å². The van der Waals surface area contributed by atoms with Gasteiger partial charge >= 0.3 is 0 Å². The number of nitrogens with one attached hydrogen (secondary N) is 1. The normalized spacial score (nSPS) is 41.8. The van der Waals surface area contributed by atoms with Gasteiger partial charge in [-0.25, -0.2) is 0 Å². The molecule has 0 amide bonds. The lowest BCUT2D eigenvalue weighted by Gasteiger charge is -2.42. The molecule has 3 rings (SSSR count). The van der Waals surface area contributed by atoms with Crippen LogP contribution in [-0.4, -0.2) is 35.1 Å². The molecule has 1 saturated heterocycles. The van der Waals surface area contributed by atoms with Gasteiger partial charge in [-0.2, -0.15) is 5.26 Å². The second-order valence-corrected chi connectivity index (χ2v) is 7.53. The van der Waals surface area contributed by atoms with Crippen molar-refractivity contribution in [2.45, 2.75) is 88.9 Å². The molecule has 2 aliphatic carbocycles. The van der Waals surface area contributed by atoms with Crippen LogP contribution in [0.25, 0.3) is 0 Å². The molecule has 4 unspecified atom stereocenters. The molecular weight excluding hydrogens is 246 g/mol. The quantitative estimate of drug-likeness (QED) is 0.860. The van der Waals surface area contributed by atoms with Crippen molar-refractivity contribution < 1.29 is 0 Å². The van der Waals surface area contributed by atoms with Crippen molar-refractivity contribution in [1.82, 2.24) is 10.2 Å². The fourth-order valence-electron chi connectivity index (χ4n) is 5.07. The van der Waals surface area contributed by atoms with Crippen LogP contribution in [-0.2, 0) is 0 Å². The van der Waals surface area contributed by atoms with Gasteiger partial charge in [0.2, 0.25) is 0 Å². The number of likely N-dealkylation sites (tertiary alicyclic amines) is 1. The molecule has 1 heterocycles. The molecule has 3 nitrogen and oxygen atoms in total. The summed E-state index contributed by atoms with van der Waals surface area (Å²) in [5.41, 5.74) is -0.260. The third-order valence-electron chi connectivity index (χ3n) is 5.77. The summed E-state index contributed by atoms with van der Waals surface area (Å²) in [6.07, 6.45) is 10.4. The van der Waals surface area contributed by atoms with Gasteiger partial charge in [-0.15, -0.1) is 0 Å². The van der Waals surface area contributed by atoms with E-state index < -0.39 is 0 Å². The molecule has 0 aromatic heterocycles. The first-order chi connectivity index (χ1) is 9.63. The van der Waals surface area contributed by atoms with Gasteiger partial charge in [0.1, 0.15) is 5.54 Å². The molecule has 4 atom stereocenters. The molecule has 0 aromatic rings. The van der Waals surface area contributed by atoms with E-state index in [9.17, 15) is 5.26 Å². The zero-order chi connectivity index (χ0) is 14.2. The Morgan fingerprint density at radius 3 is 2.75 bits per heavy atom. The molecule has 0 radical (unpaired) electrons. The van der Waals surface area contributed by atoms with Crippen LogP contribution in [0.15, 0.2) is 0 Å². The van der Waals surface area contributed by atoms with Crippen molar-refractivity contribution in [1.29, 1.82) is 5.26 Å². The van der Waals surface area contributed by atoms with Crippen LogP contribution in [0.4, 0.5) is 0 Å². The van der Waals surface area contributed by atoms with Crippen molar-refractivity contribution in [2.24, 2.45) is 5.92 Å². The molecule has 3 aliphatic rings. The van der Waals surface area contributed by atoms with E-state index in [-0.39, 0.29) is 5.54 Å².